The Morgan fingerprint density at radius 1 is 1.04 bits per heavy atom. The van der Waals surface area contributed by atoms with E-state index in [0.717, 1.165) is 38.2 Å². The van der Waals surface area contributed by atoms with Crippen molar-refractivity contribution in [3.05, 3.63) is 35.9 Å². The van der Waals surface area contributed by atoms with E-state index in [1.165, 1.54) is 25.7 Å². The molecule has 1 aromatic rings. The molecule has 0 radical (unpaired) electrons. The fourth-order valence-electron chi connectivity index (χ4n) is 4.91. The molecule has 3 unspecified atom stereocenters. The highest BCUT2D eigenvalue weighted by Crippen LogP contribution is 2.33. The molecule has 1 aromatic carbocycles. The Kier molecular flexibility index (Phi) is 6.27. The van der Waals surface area contributed by atoms with Crippen molar-refractivity contribution in [2.24, 2.45) is 5.92 Å². The number of carbonyl (C=O) groups is 2. The summed E-state index contributed by atoms with van der Waals surface area (Å²) >= 11 is 0. The first kappa shape index (κ1) is 19.4. The van der Waals surface area contributed by atoms with Crippen LogP contribution in [0.3, 0.4) is 0 Å². The topological polar surface area (TPSA) is 64.7 Å². The number of benzene rings is 1. The van der Waals surface area contributed by atoms with Gasteiger partial charge < -0.3 is 15.5 Å². The highest BCUT2D eigenvalue weighted by molar-refractivity contribution is 5.82. The molecule has 0 aromatic heterocycles. The van der Waals surface area contributed by atoms with Gasteiger partial charge in [0.2, 0.25) is 11.8 Å². The maximum absolute atomic E-state index is 12.9. The van der Waals surface area contributed by atoms with Crippen LogP contribution in [0.15, 0.2) is 30.3 Å². The molecule has 2 heterocycles. The lowest BCUT2D eigenvalue weighted by Gasteiger charge is -2.35. The van der Waals surface area contributed by atoms with E-state index in [4.69, 9.17) is 0 Å². The van der Waals surface area contributed by atoms with Gasteiger partial charge in [0.05, 0.1) is 12.6 Å². The summed E-state index contributed by atoms with van der Waals surface area (Å²) in [6, 6.07) is 10.5. The average molecular weight is 385 g/mol. The molecular formula is C22H32N4O2. The van der Waals surface area contributed by atoms with Crippen LogP contribution in [-0.2, 0) is 16.1 Å². The number of hydrogen-bond donors (Lipinski definition) is 2. The van der Waals surface area contributed by atoms with Crippen LogP contribution in [0.2, 0.25) is 0 Å². The molecular weight excluding hydrogens is 352 g/mol. The van der Waals surface area contributed by atoms with Gasteiger partial charge in [0.1, 0.15) is 0 Å². The summed E-state index contributed by atoms with van der Waals surface area (Å²) in [5.41, 5.74) is 1.11. The molecule has 4 rings (SSSR count). The van der Waals surface area contributed by atoms with Crippen molar-refractivity contribution in [3.8, 4) is 0 Å². The second-order valence-electron chi connectivity index (χ2n) is 8.47. The van der Waals surface area contributed by atoms with Gasteiger partial charge in [-0.3, -0.25) is 14.5 Å². The van der Waals surface area contributed by atoms with Gasteiger partial charge in [-0.25, -0.2) is 0 Å². The Balaban J connectivity index is 1.18. The van der Waals surface area contributed by atoms with Gasteiger partial charge >= 0.3 is 0 Å². The molecule has 6 nitrogen and oxygen atoms in total. The van der Waals surface area contributed by atoms with Gasteiger partial charge in [-0.1, -0.05) is 43.2 Å². The second-order valence-corrected chi connectivity index (χ2v) is 8.47. The standard InChI is InChI=1S/C22H32N4O2/c27-21(23-15-17-6-2-1-3-7-17)16-25-10-12-26(13-11-25)22(28)20-14-18-8-4-5-9-19(18)24-20/h1-3,6-7,18-20,24H,4-5,8-16H2,(H,23,27). The number of amides is 2. The first-order valence-electron chi connectivity index (χ1n) is 10.8. The molecule has 2 aliphatic heterocycles. The van der Waals surface area contributed by atoms with Gasteiger partial charge in [0.15, 0.2) is 0 Å². The summed E-state index contributed by atoms with van der Waals surface area (Å²) < 4.78 is 0. The fraction of sp³-hybridized carbons (Fsp3) is 0.636. The molecule has 3 atom stereocenters. The van der Waals surface area contributed by atoms with Crippen molar-refractivity contribution < 1.29 is 9.59 Å². The molecule has 1 saturated carbocycles. The first-order valence-corrected chi connectivity index (χ1v) is 10.8. The zero-order valence-corrected chi connectivity index (χ0v) is 16.6. The van der Waals surface area contributed by atoms with Crippen LogP contribution in [0.1, 0.15) is 37.7 Å². The van der Waals surface area contributed by atoms with Crippen molar-refractivity contribution >= 4 is 11.8 Å². The van der Waals surface area contributed by atoms with E-state index < -0.39 is 0 Å². The van der Waals surface area contributed by atoms with E-state index in [9.17, 15) is 9.59 Å². The number of nitrogens with one attached hydrogen (secondary N) is 2. The Morgan fingerprint density at radius 2 is 1.79 bits per heavy atom. The lowest BCUT2D eigenvalue weighted by atomic mass is 9.85. The molecule has 0 bridgehead atoms. The summed E-state index contributed by atoms with van der Waals surface area (Å²) in [4.78, 5) is 29.2. The molecule has 3 fully saturated rings. The number of rotatable bonds is 5. The van der Waals surface area contributed by atoms with Crippen molar-refractivity contribution in [3.63, 3.8) is 0 Å². The van der Waals surface area contributed by atoms with E-state index >= 15 is 0 Å². The van der Waals surface area contributed by atoms with Crippen molar-refractivity contribution in [2.45, 2.75) is 50.7 Å². The predicted molar refractivity (Wildman–Crippen MR) is 109 cm³/mol. The number of nitrogens with zero attached hydrogens (tertiary/aromatic N) is 2. The third-order valence-corrected chi connectivity index (χ3v) is 6.54. The van der Waals surface area contributed by atoms with Crippen LogP contribution in [0, 0.1) is 5.92 Å². The predicted octanol–water partition coefficient (Wildman–Crippen LogP) is 1.37. The SMILES string of the molecule is O=C(CN1CCN(C(=O)C2CC3CCCCC3N2)CC1)NCc1ccccc1. The Hall–Kier alpha value is -1.92. The minimum absolute atomic E-state index is 0.00817. The highest BCUT2D eigenvalue weighted by atomic mass is 16.2. The Bertz CT molecular complexity index is 658. The lowest BCUT2D eigenvalue weighted by molar-refractivity contribution is -0.135. The van der Waals surface area contributed by atoms with E-state index in [2.05, 4.69) is 15.5 Å². The summed E-state index contributed by atoms with van der Waals surface area (Å²) in [6.07, 6.45) is 6.11. The lowest BCUT2D eigenvalue weighted by Crippen LogP contribution is -2.54. The molecule has 152 valence electrons. The summed E-state index contributed by atoms with van der Waals surface area (Å²) in [6.45, 7) is 3.94. The maximum atomic E-state index is 12.9. The van der Waals surface area contributed by atoms with Crippen LogP contribution in [0.25, 0.3) is 0 Å². The monoisotopic (exact) mass is 384 g/mol. The minimum Gasteiger partial charge on any atom is -0.351 e. The zero-order chi connectivity index (χ0) is 19.3. The van der Waals surface area contributed by atoms with Crippen LogP contribution >= 0.6 is 0 Å². The van der Waals surface area contributed by atoms with E-state index in [-0.39, 0.29) is 17.9 Å². The van der Waals surface area contributed by atoms with Gasteiger partial charge in [0, 0.05) is 38.8 Å². The normalized spacial score (nSPS) is 28.0. The number of carbonyl (C=O) groups excluding carboxylic acids is 2. The van der Waals surface area contributed by atoms with E-state index in [0.29, 0.717) is 25.0 Å². The zero-order valence-electron chi connectivity index (χ0n) is 16.6. The Morgan fingerprint density at radius 3 is 2.54 bits per heavy atom. The summed E-state index contributed by atoms with van der Waals surface area (Å²) in [5, 5.41) is 6.58. The van der Waals surface area contributed by atoms with Gasteiger partial charge in [0.25, 0.3) is 0 Å². The summed E-state index contributed by atoms with van der Waals surface area (Å²) in [7, 11) is 0. The maximum Gasteiger partial charge on any atom is 0.239 e. The Labute approximate surface area is 167 Å². The van der Waals surface area contributed by atoms with E-state index in [1.807, 2.05) is 35.2 Å². The first-order chi connectivity index (χ1) is 13.7. The van der Waals surface area contributed by atoms with Crippen LogP contribution in [0.4, 0.5) is 0 Å². The average Bonchev–Trinajstić information content (AvgIpc) is 3.17. The third kappa shape index (κ3) is 4.73. The van der Waals surface area contributed by atoms with E-state index in [1.54, 1.807) is 0 Å². The fourth-order valence-corrected chi connectivity index (χ4v) is 4.91. The molecule has 28 heavy (non-hydrogen) atoms. The third-order valence-electron chi connectivity index (χ3n) is 6.54. The number of fused-ring (bicyclic) bond motifs is 1. The molecule has 6 heteroatoms. The molecule has 2 saturated heterocycles. The number of piperazine rings is 1. The van der Waals surface area contributed by atoms with Crippen LogP contribution in [0.5, 0.6) is 0 Å². The van der Waals surface area contributed by atoms with Crippen molar-refractivity contribution in [1.82, 2.24) is 20.4 Å². The van der Waals surface area contributed by atoms with Crippen molar-refractivity contribution in [2.75, 3.05) is 32.7 Å². The molecule has 3 aliphatic rings. The largest absolute Gasteiger partial charge is 0.351 e. The molecule has 2 amide bonds. The van der Waals surface area contributed by atoms with Crippen LogP contribution < -0.4 is 10.6 Å². The van der Waals surface area contributed by atoms with Crippen molar-refractivity contribution in [1.29, 1.82) is 0 Å². The minimum atomic E-state index is 0.00817. The molecule has 1 aliphatic carbocycles. The smallest absolute Gasteiger partial charge is 0.239 e. The van der Waals surface area contributed by atoms with Gasteiger partial charge in [-0.15, -0.1) is 0 Å². The van der Waals surface area contributed by atoms with Gasteiger partial charge in [-0.05, 0) is 30.7 Å². The second kappa shape index (κ2) is 9.05. The number of hydrogen-bond acceptors (Lipinski definition) is 4. The molecule has 0 spiro atoms. The van der Waals surface area contributed by atoms with Gasteiger partial charge in [-0.2, -0.15) is 0 Å². The van der Waals surface area contributed by atoms with Crippen LogP contribution in [-0.4, -0.2) is 66.4 Å². The summed E-state index contributed by atoms with van der Waals surface area (Å²) in [5.74, 6) is 1.00. The molecule has 2 N–H and O–H groups in total. The highest BCUT2D eigenvalue weighted by Gasteiger charge is 2.40. The quantitative estimate of drug-likeness (QED) is 0.805.